The number of aryl methyl sites for hydroxylation is 2. The number of carbonyl (C=O) groups is 2. The smallest absolute Gasteiger partial charge is 0.317 e. The Labute approximate surface area is 184 Å². The Morgan fingerprint density at radius 2 is 2.03 bits per heavy atom. The molecule has 2 aromatic rings. The van der Waals surface area contributed by atoms with Gasteiger partial charge >= 0.3 is 6.03 Å². The van der Waals surface area contributed by atoms with Gasteiger partial charge in [-0.2, -0.15) is 0 Å². The molecule has 2 N–H and O–H groups in total. The maximum Gasteiger partial charge on any atom is 0.317 e. The van der Waals surface area contributed by atoms with Crippen molar-refractivity contribution in [2.75, 3.05) is 13.1 Å². The zero-order valence-corrected chi connectivity index (χ0v) is 18.8. The summed E-state index contributed by atoms with van der Waals surface area (Å²) >= 11 is 0. The zero-order chi connectivity index (χ0) is 22.4. The molecule has 2 heterocycles. The van der Waals surface area contributed by atoms with Gasteiger partial charge in [-0.3, -0.25) is 4.79 Å². The molecule has 166 valence electrons. The summed E-state index contributed by atoms with van der Waals surface area (Å²) in [5, 5.41) is 5.87. The molecule has 31 heavy (non-hydrogen) atoms. The highest BCUT2D eigenvalue weighted by Crippen LogP contribution is 2.24. The van der Waals surface area contributed by atoms with E-state index in [0.29, 0.717) is 25.5 Å². The molecule has 1 aliphatic heterocycles. The summed E-state index contributed by atoms with van der Waals surface area (Å²) in [7, 11) is 0. The molecule has 1 saturated heterocycles. The van der Waals surface area contributed by atoms with Gasteiger partial charge in [0, 0.05) is 37.9 Å². The van der Waals surface area contributed by atoms with E-state index in [1.807, 2.05) is 58.0 Å². The number of hydrogen-bond donors (Lipinski definition) is 2. The molecule has 1 atom stereocenters. The van der Waals surface area contributed by atoms with E-state index >= 15 is 0 Å². The summed E-state index contributed by atoms with van der Waals surface area (Å²) in [5.74, 6) is 1.09. The van der Waals surface area contributed by atoms with Gasteiger partial charge in [0.05, 0.1) is 5.92 Å². The summed E-state index contributed by atoms with van der Waals surface area (Å²) < 4.78 is 5.89. The quantitative estimate of drug-likeness (QED) is 0.736. The average molecular weight is 425 g/mol. The Hall–Kier alpha value is -3.09. The molecule has 7 nitrogen and oxygen atoms in total. The molecular formula is C24H32N4O3. The number of benzene rings is 1. The molecule has 1 fully saturated rings. The lowest BCUT2D eigenvalue weighted by atomic mass is 9.97. The van der Waals surface area contributed by atoms with Gasteiger partial charge in [-0.1, -0.05) is 18.2 Å². The molecule has 3 amide bonds. The number of nitrogens with zero attached hydrogens (tertiary/aromatic N) is 2. The van der Waals surface area contributed by atoms with Crippen LogP contribution in [0.5, 0.6) is 11.6 Å². The molecule has 0 saturated carbocycles. The minimum atomic E-state index is -0.188. The molecule has 0 spiro atoms. The van der Waals surface area contributed by atoms with Crippen molar-refractivity contribution in [1.82, 2.24) is 20.5 Å². The number of aromatic nitrogens is 1. The fraction of sp³-hybridized carbons (Fsp3) is 0.458. The molecule has 0 bridgehead atoms. The lowest BCUT2D eigenvalue weighted by Crippen LogP contribution is -2.50. The van der Waals surface area contributed by atoms with Crippen LogP contribution in [0, 0.1) is 19.8 Å². The first-order valence-electron chi connectivity index (χ1n) is 10.8. The Kier molecular flexibility index (Phi) is 7.50. The fourth-order valence-electron chi connectivity index (χ4n) is 3.55. The van der Waals surface area contributed by atoms with E-state index in [2.05, 4.69) is 15.6 Å². The van der Waals surface area contributed by atoms with E-state index in [0.717, 1.165) is 35.3 Å². The number of likely N-dealkylation sites (tertiary alicyclic amines) is 1. The van der Waals surface area contributed by atoms with Gasteiger partial charge in [0.2, 0.25) is 11.8 Å². The van der Waals surface area contributed by atoms with Crippen LogP contribution in [0.4, 0.5) is 4.79 Å². The maximum absolute atomic E-state index is 12.6. The van der Waals surface area contributed by atoms with Crippen molar-refractivity contribution in [3.8, 4) is 11.6 Å². The van der Waals surface area contributed by atoms with Gasteiger partial charge < -0.3 is 20.3 Å². The molecule has 0 aliphatic carbocycles. The van der Waals surface area contributed by atoms with Crippen molar-refractivity contribution in [2.24, 2.45) is 5.92 Å². The van der Waals surface area contributed by atoms with Crippen molar-refractivity contribution in [2.45, 2.75) is 53.1 Å². The van der Waals surface area contributed by atoms with Crippen LogP contribution in [0.25, 0.3) is 0 Å². The number of amides is 3. The second-order valence-electron chi connectivity index (χ2n) is 8.48. The zero-order valence-electron chi connectivity index (χ0n) is 18.8. The van der Waals surface area contributed by atoms with Crippen LogP contribution < -0.4 is 15.4 Å². The topological polar surface area (TPSA) is 83.6 Å². The van der Waals surface area contributed by atoms with Gasteiger partial charge in [-0.25, -0.2) is 9.78 Å². The lowest BCUT2D eigenvalue weighted by molar-refractivity contribution is -0.126. The van der Waals surface area contributed by atoms with Crippen LogP contribution >= 0.6 is 0 Å². The third kappa shape index (κ3) is 6.44. The van der Waals surface area contributed by atoms with Crippen LogP contribution in [0.3, 0.4) is 0 Å². The summed E-state index contributed by atoms with van der Waals surface area (Å²) in [6.07, 6.45) is 3.33. The second kappa shape index (κ2) is 10.3. The van der Waals surface area contributed by atoms with E-state index in [4.69, 9.17) is 4.74 Å². The monoisotopic (exact) mass is 424 g/mol. The van der Waals surface area contributed by atoms with Crippen molar-refractivity contribution in [1.29, 1.82) is 0 Å². The van der Waals surface area contributed by atoms with Gasteiger partial charge in [-0.05, 0) is 63.3 Å². The molecule has 0 radical (unpaired) electrons. The third-order valence-electron chi connectivity index (χ3n) is 5.31. The van der Waals surface area contributed by atoms with E-state index < -0.39 is 0 Å². The van der Waals surface area contributed by atoms with Crippen LogP contribution in [0.15, 0.2) is 36.5 Å². The first-order chi connectivity index (χ1) is 14.8. The summed E-state index contributed by atoms with van der Waals surface area (Å²) in [6.45, 7) is 9.41. The Bertz CT molecular complexity index is 912. The van der Waals surface area contributed by atoms with Gasteiger partial charge in [0.15, 0.2) is 0 Å². The Balaban J connectivity index is 1.51. The van der Waals surface area contributed by atoms with E-state index in [-0.39, 0.29) is 23.9 Å². The highest BCUT2D eigenvalue weighted by molar-refractivity contribution is 5.80. The molecule has 3 rings (SSSR count). The largest absolute Gasteiger partial charge is 0.439 e. The molecule has 7 heteroatoms. The standard InChI is InChI=1S/C24H32N4O3/c1-16(2)27-24(30)28-11-5-6-20(15-28)23(29)26-14-19-9-10-22(25-13-19)31-21-12-17(3)7-8-18(21)4/h7-10,12-13,16,20H,5-6,11,14-15H2,1-4H3,(H,26,29)(H,27,30)/t20-/m1/s1. The van der Waals surface area contributed by atoms with Crippen LogP contribution in [0.1, 0.15) is 43.4 Å². The summed E-state index contributed by atoms with van der Waals surface area (Å²) in [5.41, 5.74) is 3.07. The summed E-state index contributed by atoms with van der Waals surface area (Å²) in [4.78, 5) is 30.9. The lowest BCUT2D eigenvalue weighted by Gasteiger charge is -2.32. The van der Waals surface area contributed by atoms with Crippen LogP contribution in [-0.4, -0.2) is 41.0 Å². The molecule has 1 aromatic carbocycles. The minimum absolute atomic E-state index is 0.0299. The number of piperidine rings is 1. The Morgan fingerprint density at radius 3 is 2.74 bits per heavy atom. The van der Waals surface area contributed by atoms with Gasteiger partial charge in [-0.15, -0.1) is 0 Å². The average Bonchev–Trinajstić information content (AvgIpc) is 2.75. The normalized spacial score (nSPS) is 16.2. The minimum Gasteiger partial charge on any atom is -0.439 e. The van der Waals surface area contributed by atoms with Gasteiger partial charge in [0.25, 0.3) is 0 Å². The maximum atomic E-state index is 12.6. The van der Waals surface area contributed by atoms with E-state index in [1.54, 1.807) is 11.1 Å². The number of pyridine rings is 1. The van der Waals surface area contributed by atoms with Gasteiger partial charge in [0.1, 0.15) is 5.75 Å². The van der Waals surface area contributed by atoms with Crippen molar-refractivity contribution >= 4 is 11.9 Å². The first kappa shape index (κ1) is 22.6. The number of hydrogen-bond acceptors (Lipinski definition) is 4. The number of nitrogens with one attached hydrogen (secondary N) is 2. The molecule has 0 unspecified atom stereocenters. The number of urea groups is 1. The predicted molar refractivity (Wildman–Crippen MR) is 120 cm³/mol. The summed E-state index contributed by atoms with van der Waals surface area (Å²) in [6, 6.07) is 9.74. The Morgan fingerprint density at radius 1 is 1.23 bits per heavy atom. The molecular weight excluding hydrogens is 392 g/mol. The van der Waals surface area contributed by atoms with E-state index in [9.17, 15) is 9.59 Å². The van der Waals surface area contributed by atoms with Crippen molar-refractivity contribution in [3.05, 3.63) is 53.2 Å². The van der Waals surface area contributed by atoms with Crippen LogP contribution in [-0.2, 0) is 11.3 Å². The number of rotatable bonds is 6. The molecule has 1 aromatic heterocycles. The second-order valence-corrected chi connectivity index (χ2v) is 8.48. The predicted octanol–water partition coefficient (Wildman–Crippen LogP) is 3.94. The SMILES string of the molecule is Cc1ccc(C)c(Oc2ccc(CNC(=O)[C@@H]3CCCN(C(=O)NC(C)C)C3)cn2)c1. The first-order valence-corrected chi connectivity index (χ1v) is 10.8. The molecule has 1 aliphatic rings. The van der Waals surface area contributed by atoms with Crippen LogP contribution in [0.2, 0.25) is 0 Å². The van der Waals surface area contributed by atoms with Crippen molar-refractivity contribution in [3.63, 3.8) is 0 Å². The highest BCUT2D eigenvalue weighted by Gasteiger charge is 2.28. The number of carbonyl (C=O) groups excluding carboxylic acids is 2. The highest BCUT2D eigenvalue weighted by atomic mass is 16.5. The number of ether oxygens (including phenoxy) is 1. The van der Waals surface area contributed by atoms with E-state index in [1.165, 1.54) is 0 Å². The fourth-order valence-corrected chi connectivity index (χ4v) is 3.55. The van der Waals surface area contributed by atoms with Crippen molar-refractivity contribution < 1.29 is 14.3 Å². The third-order valence-corrected chi connectivity index (χ3v) is 5.31.